The lowest BCUT2D eigenvalue weighted by Crippen LogP contribution is -2.30. The molecule has 0 aliphatic carbocycles. The summed E-state index contributed by atoms with van der Waals surface area (Å²) < 4.78 is 34.9. The Morgan fingerprint density at radius 1 is 0.821 bits per heavy atom. The van der Waals surface area contributed by atoms with E-state index in [-0.39, 0.29) is 4.90 Å². The summed E-state index contributed by atoms with van der Waals surface area (Å²) in [5.41, 5.74) is 4.35. The summed E-state index contributed by atoms with van der Waals surface area (Å²) >= 11 is 0. The minimum absolute atomic E-state index is 0.264. The maximum atomic E-state index is 13.3. The van der Waals surface area contributed by atoms with E-state index in [1.54, 1.807) is 26.2 Å². The van der Waals surface area contributed by atoms with Crippen LogP contribution in [0.25, 0.3) is 0 Å². The second-order valence-electron chi connectivity index (χ2n) is 6.84. The number of nitrogens with one attached hydrogen (secondary N) is 1. The van der Waals surface area contributed by atoms with Crippen LogP contribution in [0.5, 0.6) is 5.75 Å². The van der Waals surface area contributed by atoms with E-state index in [0.29, 0.717) is 11.3 Å². The number of ether oxygens (including phenoxy) is 1. The minimum Gasteiger partial charge on any atom is -0.496 e. The van der Waals surface area contributed by atoms with Crippen LogP contribution in [0, 0.1) is 20.8 Å². The molecule has 0 aromatic heterocycles. The molecule has 0 aliphatic heterocycles. The van der Waals surface area contributed by atoms with Gasteiger partial charge in [-0.25, -0.2) is 8.42 Å². The van der Waals surface area contributed by atoms with Gasteiger partial charge in [-0.15, -0.1) is 0 Å². The fraction of sp³-hybridized carbons (Fsp3) is 0.217. The van der Waals surface area contributed by atoms with Crippen LogP contribution in [0.3, 0.4) is 0 Å². The van der Waals surface area contributed by atoms with Gasteiger partial charge in [0.15, 0.2) is 0 Å². The monoisotopic (exact) mass is 395 g/mol. The normalized spacial score (nSPS) is 12.6. The maximum Gasteiger partial charge on any atom is 0.241 e. The Labute approximate surface area is 167 Å². The standard InChI is InChI=1S/C23H25NO3S/c1-16-10-8-9-13-20(16)23(19-11-6-5-7-12-19)24-28(25,26)22-15-14-21(27-4)17(2)18(22)3/h5-15,23-24H,1-4H3. The molecule has 0 heterocycles. The molecule has 0 radical (unpaired) electrons. The van der Waals surface area contributed by atoms with Crippen molar-refractivity contribution in [2.75, 3.05) is 7.11 Å². The van der Waals surface area contributed by atoms with Crippen molar-refractivity contribution in [2.24, 2.45) is 0 Å². The van der Waals surface area contributed by atoms with Crippen molar-refractivity contribution in [1.82, 2.24) is 4.72 Å². The first kappa shape index (κ1) is 20.1. The lowest BCUT2D eigenvalue weighted by Gasteiger charge is -2.22. The predicted octanol–water partition coefficient (Wildman–Crippen LogP) is 4.69. The Hall–Kier alpha value is -2.63. The Bertz CT molecular complexity index is 1080. The highest BCUT2D eigenvalue weighted by atomic mass is 32.2. The molecule has 146 valence electrons. The molecular formula is C23H25NO3S. The average Bonchev–Trinajstić information content (AvgIpc) is 2.69. The largest absolute Gasteiger partial charge is 0.496 e. The molecule has 0 spiro atoms. The van der Waals surface area contributed by atoms with Crippen LogP contribution < -0.4 is 9.46 Å². The van der Waals surface area contributed by atoms with E-state index in [9.17, 15) is 8.42 Å². The summed E-state index contributed by atoms with van der Waals surface area (Å²) in [5.74, 6) is 0.676. The van der Waals surface area contributed by atoms with Crippen LogP contribution in [-0.4, -0.2) is 15.5 Å². The third-order valence-corrected chi connectivity index (χ3v) is 6.67. The summed E-state index contributed by atoms with van der Waals surface area (Å²) in [6.07, 6.45) is 0. The summed E-state index contributed by atoms with van der Waals surface area (Å²) in [6, 6.07) is 20.3. The molecule has 1 N–H and O–H groups in total. The number of aryl methyl sites for hydroxylation is 1. The zero-order chi connectivity index (χ0) is 20.3. The highest BCUT2D eigenvalue weighted by Crippen LogP contribution is 2.30. The second-order valence-corrected chi connectivity index (χ2v) is 8.52. The van der Waals surface area contributed by atoms with Gasteiger partial charge >= 0.3 is 0 Å². The topological polar surface area (TPSA) is 55.4 Å². The first-order valence-corrected chi connectivity index (χ1v) is 10.6. The zero-order valence-corrected chi connectivity index (χ0v) is 17.4. The molecule has 3 aromatic carbocycles. The van der Waals surface area contributed by atoms with Gasteiger partial charge in [0.2, 0.25) is 10.0 Å². The molecule has 5 heteroatoms. The number of hydrogen-bond donors (Lipinski definition) is 1. The first-order valence-electron chi connectivity index (χ1n) is 9.12. The van der Waals surface area contributed by atoms with E-state index < -0.39 is 16.1 Å². The molecular weight excluding hydrogens is 370 g/mol. The predicted molar refractivity (Wildman–Crippen MR) is 112 cm³/mol. The highest BCUT2D eigenvalue weighted by molar-refractivity contribution is 7.89. The summed E-state index contributed by atoms with van der Waals surface area (Å²) in [4.78, 5) is 0.264. The molecule has 4 nitrogen and oxygen atoms in total. The van der Waals surface area contributed by atoms with Gasteiger partial charge in [-0.2, -0.15) is 4.72 Å². The number of hydrogen-bond acceptors (Lipinski definition) is 3. The van der Waals surface area contributed by atoms with Crippen LogP contribution in [0.15, 0.2) is 71.6 Å². The van der Waals surface area contributed by atoms with Crippen LogP contribution in [0.4, 0.5) is 0 Å². The lowest BCUT2D eigenvalue weighted by molar-refractivity contribution is 0.410. The molecule has 28 heavy (non-hydrogen) atoms. The molecule has 3 rings (SSSR count). The van der Waals surface area contributed by atoms with Crippen LogP contribution >= 0.6 is 0 Å². The summed E-state index contributed by atoms with van der Waals surface area (Å²) in [5, 5.41) is 0. The Kier molecular flexibility index (Phi) is 5.87. The molecule has 1 atom stereocenters. The third-order valence-electron chi connectivity index (χ3n) is 5.10. The second kappa shape index (κ2) is 8.17. The Morgan fingerprint density at radius 2 is 1.46 bits per heavy atom. The minimum atomic E-state index is -3.76. The highest BCUT2D eigenvalue weighted by Gasteiger charge is 2.26. The first-order chi connectivity index (χ1) is 13.3. The van der Waals surface area contributed by atoms with Crippen molar-refractivity contribution in [3.63, 3.8) is 0 Å². The number of benzene rings is 3. The van der Waals surface area contributed by atoms with E-state index in [2.05, 4.69) is 4.72 Å². The smallest absolute Gasteiger partial charge is 0.241 e. The van der Waals surface area contributed by atoms with E-state index >= 15 is 0 Å². The van der Waals surface area contributed by atoms with Crippen LogP contribution in [0.2, 0.25) is 0 Å². The van der Waals surface area contributed by atoms with Gasteiger partial charge in [0.05, 0.1) is 18.0 Å². The van der Waals surface area contributed by atoms with Gasteiger partial charge in [-0.1, -0.05) is 54.6 Å². The summed E-state index contributed by atoms with van der Waals surface area (Å²) in [7, 11) is -2.18. The Balaban J connectivity index is 2.09. The summed E-state index contributed by atoms with van der Waals surface area (Å²) in [6.45, 7) is 5.66. The van der Waals surface area contributed by atoms with Gasteiger partial charge in [-0.05, 0) is 60.7 Å². The Morgan fingerprint density at radius 3 is 2.11 bits per heavy atom. The van der Waals surface area contributed by atoms with E-state index in [1.165, 1.54) is 0 Å². The van der Waals surface area contributed by atoms with Gasteiger partial charge in [0.1, 0.15) is 5.75 Å². The molecule has 3 aromatic rings. The van der Waals surface area contributed by atoms with Crippen molar-refractivity contribution in [2.45, 2.75) is 31.7 Å². The van der Waals surface area contributed by atoms with Crippen molar-refractivity contribution in [1.29, 1.82) is 0 Å². The van der Waals surface area contributed by atoms with Crippen molar-refractivity contribution >= 4 is 10.0 Å². The van der Waals surface area contributed by atoms with Crippen LogP contribution in [0.1, 0.15) is 33.9 Å². The van der Waals surface area contributed by atoms with Crippen molar-refractivity contribution in [3.05, 3.63) is 94.5 Å². The molecule has 1 unspecified atom stereocenters. The molecule has 0 amide bonds. The number of methoxy groups -OCH3 is 1. The lowest BCUT2D eigenvalue weighted by atomic mass is 9.96. The van der Waals surface area contributed by atoms with E-state index in [1.807, 2.05) is 68.4 Å². The molecule has 0 saturated heterocycles. The number of sulfonamides is 1. The molecule has 0 fully saturated rings. The zero-order valence-electron chi connectivity index (χ0n) is 16.6. The quantitative estimate of drug-likeness (QED) is 0.659. The molecule has 0 aliphatic rings. The van der Waals surface area contributed by atoms with Crippen molar-refractivity contribution < 1.29 is 13.2 Å². The average molecular weight is 396 g/mol. The SMILES string of the molecule is COc1ccc(S(=O)(=O)NC(c2ccccc2)c2ccccc2C)c(C)c1C. The van der Waals surface area contributed by atoms with Gasteiger partial charge in [-0.3, -0.25) is 0 Å². The fourth-order valence-corrected chi connectivity index (χ4v) is 4.87. The van der Waals surface area contributed by atoms with Gasteiger partial charge in [0.25, 0.3) is 0 Å². The van der Waals surface area contributed by atoms with Crippen molar-refractivity contribution in [3.8, 4) is 5.75 Å². The number of rotatable bonds is 6. The maximum absolute atomic E-state index is 13.3. The molecule has 0 saturated carbocycles. The van der Waals surface area contributed by atoms with Crippen LogP contribution in [-0.2, 0) is 10.0 Å². The fourth-order valence-electron chi connectivity index (χ4n) is 3.37. The van der Waals surface area contributed by atoms with Gasteiger partial charge < -0.3 is 4.74 Å². The molecule has 0 bridgehead atoms. The van der Waals surface area contributed by atoms with Gasteiger partial charge in [0, 0.05) is 0 Å². The van der Waals surface area contributed by atoms with E-state index in [4.69, 9.17) is 4.74 Å². The van der Waals surface area contributed by atoms with E-state index in [0.717, 1.165) is 22.3 Å². The third kappa shape index (κ3) is 3.96.